The van der Waals surface area contributed by atoms with Crippen LogP contribution in [0, 0.1) is 0 Å². The fraction of sp³-hybridized carbons (Fsp3) is 0.200. The van der Waals surface area contributed by atoms with E-state index >= 15 is 0 Å². The van der Waals surface area contributed by atoms with E-state index < -0.39 is 6.00 Å². The van der Waals surface area contributed by atoms with Gasteiger partial charge in [-0.1, -0.05) is 36.4 Å². The van der Waals surface area contributed by atoms with Gasteiger partial charge < -0.3 is 0 Å². The first-order valence-electron chi connectivity index (χ1n) is 4.43. The van der Waals surface area contributed by atoms with Crippen LogP contribution in [0.5, 0.6) is 0 Å². The van der Waals surface area contributed by atoms with Gasteiger partial charge in [0.25, 0.3) is 0 Å². The van der Waals surface area contributed by atoms with Crippen molar-refractivity contribution < 1.29 is 4.57 Å². The average Bonchev–Trinajstić information content (AvgIpc) is 2.17. The molecule has 1 rings (SSSR count). The Hall–Kier alpha value is -0.270. The topological polar surface area (TPSA) is 20.3 Å². The van der Waals surface area contributed by atoms with Crippen LogP contribution in [-0.2, 0) is 11.1 Å². The van der Waals surface area contributed by atoms with Gasteiger partial charge in [0, 0.05) is 13.1 Å². The Labute approximate surface area is 99.5 Å². The number of halogens is 2. The van der Waals surface area contributed by atoms with E-state index in [9.17, 15) is 4.57 Å². The van der Waals surface area contributed by atoms with E-state index in [-0.39, 0.29) is 0 Å². The zero-order valence-electron chi connectivity index (χ0n) is 8.14. The summed E-state index contributed by atoms with van der Waals surface area (Å²) in [6.45, 7) is 4.43. The minimum Gasteiger partial charge on any atom is -0.271 e. The van der Waals surface area contributed by atoms with Gasteiger partial charge in [-0.2, -0.15) is 0 Å². The molecular weight excluding hydrogens is 252 g/mol. The van der Waals surface area contributed by atoms with Crippen LogP contribution >= 0.6 is 28.5 Å². The first-order valence-corrected chi connectivity index (χ1v) is 7.90. The summed E-state index contributed by atoms with van der Waals surface area (Å²) >= 11 is 11.3. The Kier molecular flexibility index (Phi) is 4.88. The standard InChI is InChI=1S/C10H12Cl2NOP/c1-2-8-13(15(11,12)14)9-10-6-4-3-5-7-10/h2-7H,1,8-9H2. The third kappa shape index (κ3) is 4.40. The molecule has 0 atom stereocenters. The third-order valence-electron chi connectivity index (χ3n) is 1.88. The van der Waals surface area contributed by atoms with Crippen molar-refractivity contribution in [3.63, 3.8) is 0 Å². The highest BCUT2D eigenvalue weighted by Gasteiger charge is 2.23. The molecule has 0 amide bonds. The zero-order chi connectivity index (χ0) is 11.3. The molecular formula is C10H12Cl2NOP. The molecule has 0 aliphatic carbocycles. The minimum atomic E-state index is -3.25. The number of nitrogens with zero attached hydrogens (tertiary/aromatic N) is 1. The van der Waals surface area contributed by atoms with Crippen molar-refractivity contribution in [2.75, 3.05) is 6.54 Å². The van der Waals surface area contributed by atoms with Crippen molar-refractivity contribution in [2.24, 2.45) is 0 Å². The maximum Gasteiger partial charge on any atom is 0.322 e. The molecule has 0 heterocycles. The monoisotopic (exact) mass is 263 g/mol. The van der Waals surface area contributed by atoms with Crippen molar-refractivity contribution in [3.8, 4) is 0 Å². The average molecular weight is 264 g/mol. The molecule has 0 radical (unpaired) electrons. The first-order chi connectivity index (χ1) is 7.04. The van der Waals surface area contributed by atoms with Crippen LogP contribution in [-0.4, -0.2) is 11.2 Å². The van der Waals surface area contributed by atoms with E-state index in [2.05, 4.69) is 6.58 Å². The van der Waals surface area contributed by atoms with Gasteiger partial charge in [0.05, 0.1) is 0 Å². The van der Waals surface area contributed by atoms with Crippen LogP contribution in [0.3, 0.4) is 0 Å². The van der Waals surface area contributed by atoms with E-state index in [4.69, 9.17) is 22.5 Å². The van der Waals surface area contributed by atoms with Crippen LogP contribution in [0.1, 0.15) is 5.56 Å². The third-order valence-corrected chi connectivity index (χ3v) is 4.12. The molecule has 0 aliphatic heterocycles. The second-order valence-corrected chi connectivity index (χ2v) is 7.76. The van der Waals surface area contributed by atoms with Crippen molar-refractivity contribution in [2.45, 2.75) is 6.54 Å². The molecule has 0 saturated carbocycles. The maximum absolute atomic E-state index is 11.5. The fourth-order valence-corrected chi connectivity index (χ4v) is 2.51. The van der Waals surface area contributed by atoms with Gasteiger partial charge in [0.15, 0.2) is 0 Å². The molecule has 0 N–H and O–H groups in total. The summed E-state index contributed by atoms with van der Waals surface area (Å²) in [4.78, 5) is 0. The first kappa shape index (κ1) is 12.8. The summed E-state index contributed by atoms with van der Waals surface area (Å²) in [5.41, 5.74) is 1.01. The summed E-state index contributed by atoms with van der Waals surface area (Å²) in [6.07, 6.45) is 1.63. The molecule has 0 bridgehead atoms. The van der Waals surface area contributed by atoms with Crippen LogP contribution in [0.4, 0.5) is 0 Å². The number of rotatable bonds is 5. The molecule has 0 aromatic heterocycles. The van der Waals surface area contributed by atoms with Gasteiger partial charge in [0.1, 0.15) is 0 Å². The molecule has 15 heavy (non-hydrogen) atoms. The van der Waals surface area contributed by atoms with Gasteiger partial charge in [-0.05, 0) is 28.0 Å². The second-order valence-electron chi connectivity index (χ2n) is 3.06. The summed E-state index contributed by atoms with van der Waals surface area (Å²) in [5, 5.41) is 0. The Balaban J connectivity index is 2.76. The molecule has 0 unspecified atom stereocenters. The highest BCUT2D eigenvalue weighted by atomic mass is 35.9. The summed E-state index contributed by atoms with van der Waals surface area (Å²) in [7, 11) is 0. The van der Waals surface area contributed by atoms with E-state index in [1.165, 1.54) is 4.67 Å². The number of benzene rings is 1. The van der Waals surface area contributed by atoms with Gasteiger partial charge >= 0.3 is 6.00 Å². The van der Waals surface area contributed by atoms with Crippen LogP contribution in [0.2, 0.25) is 0 Å². The SMILES string of the molecule is C=CCN(Cc1ccccc1)P(=O)(Cl)Cl. The Morgan fingerprint density at radius 2 is 1.93 bits per heavy atom. The van der Waals surface area contributed by atoms with Gasteiger partial charge in [-0.25, -0.2) is 4.67 Å². The molecule has 2 nitrogen and oxygen atoms in total. The molecule has 5 heteroatoms. The highest BCUT2D eigenvalue weighted by Crippen LogP contribution is 2.60. The summed E-state index contributed by atoms with van der Waals surface area (Å²) in [5.74, 6) is -3.25. The minimum absolute atomic E-state index is 0.402. The Morgan fingerprint density at radius 1 is 1.33 bits per heavy atom. The van der Waals surface area contributed by atoms with Crippen LogP contribution in [0.15, 0.2) is 43.0 Å². The fourth-order valence-electron chi connectivity index (χ4n) is 1.19. The second kappa shape index (κ2) is 5.72. The highest BCUT2D eigenvalue weighted by molar-refractivity contribution is 8.06. The lowest BCUT2D eigenvalue weighted by Gasteiger charge is -2.20. The molecule has 1 aromatic carbocycles. The van der Waals surface area contributed by atoms with Crippen molar-refractivity contribution in [3.05, 3.63) is 48.6 Å². The Morgan fingerprint density at radius 3 is 2.40 bits per heavy atom. The van der Waals surface area contributed by atoms with E-state index in [0.29, 0.717) is 13.1 Å². The summed E-state index contributed by atoms with van der Waals surface area (Å²) < 4.78 is 13.0. The number of hydrogen-bond acceptors (Lipinski definition) is 1. The lowest BCUT2D eigenvalue weighted by Crippen LogP contribution is -2.15. The van der Waals surface area contributed by atoms with E-state index in [0.717, 1.165) is 5.56 Å². The lowest BCUT2D eigenvalue weighted by atomic mass is 10.2. The van der Waals surface area contributed by atoms with Crippen LogP contribution < -0.4 is 0 Å². The Bertz CT molecular complexity index is 363. The van der Waals surface area contributed by atoms with Crippen molar-refractivity contribution in [1.29, 1.82) is 0 Å². The van der Waals surface area contributed by atoms with Crippen molar-refractivity contribution in [1.82, 2.24) is 4.67 Å². The van der Waals surface area contributed by atoms with Gasteiger partial charge in [-0.3, -0.25) is 4.57 Å². The quantitative estimate of drug-likeness (QED) is 0.585. The van der Waals surface area contributed by atoms with Crippen LogP contribution in [0.25, 0.3) is 0 Å². The molecule has 0 saturated heterocycles. The van der Waals surface area contributed by atoms with Crippen molar-refractivity contribution >= 4 is 28.5 Å². The summed E-state index contributed by atoms with van der Waals surface area (Å²) in [6, 6.07) is 9.60. The lowest BCUT2D eigenvalue weighted by molar-refractivity contribution is 0.459. The number of hydrogen-bond donors (Lipinski definition) is 0. The predicted molar refractivity (Wildman–Crippen MR) is 66.4 cm³/mol. The predicted octanol–water partition coefficient (Wildman–Crippen LogP) is 4.26. The normalized spacial score (nSPS) is 11.7. The molecule has 0 aliphatic rings. The largest absolute Gasteiger partial charge is 0.322 e. The van der Waals surface area contributed by atoms with Gasteiger partial charge in [0.2, 0.25) is 0 Å². The molecule has 82 valence electrons. The van der Waals surface area contributed by atoms with E-state index in [1.54, 1.807) is 6.08 Å². The molecule has 0 fully saturated rings. The van der Waals surface area contributed by atoms with Gasteiger partial charge in [-0.15, -0.1) is 6.58 Å². The smallest absolute Gasteiger partial charge is 0.271 e. The molecule has 0 spiro atoms. The van der Waals surface area contributed by atoms with E-state index in [1.807, 2.05) is 30.3 Å². The maximum atomic E-state index is 11.5. The molecule has 1 aromatic rings. The zero-order valence-corrected chi connectivity index (χ0v) is 10.6.